The Morgan fingerprint density at radius 2 is 2.00 bits per heavy atom. The van der Waals surface area contributed by atoms with Gasteiger partial charge < -0.3 is 15.0 Å². The molecule has 1 aromatic carbocycles. The third kappa shape index (κ3) is 5.48. The van der Waals surface area contributed by atoms with Gasteiger partial charge in [0.05, 0.1) is 12.8 Å². The number of hydrogen-bond acceptors (Lipinski definition) is 5. The van der Waals surface area contributed by atoms with Crippen LogP contribution < -0.4 is 10.2 Å². The lowest BCUT2D eigenvalue weighted by atomic mass is 10.1. The van der Waals surface area contributed by atoms with Gasteiger partial charge >= 0.3 is 6.09 Å². The van der Waals surface area contributed by atoms with Crippen LogP contribution in [0.15, 0.2) is 48.7 Å². The minimum Gasteiger partial charge on any atom is -0.453 e. The number of H-pyrrole nitrogens is 1. The third-order valence-corrected chi connectivity index (χ3v) is 4.95. The SMILES string of the molecule is CC/C(=C\C(=O)N(CCCNC(=O)OC)c1ccc(C)cc1)c1[nH]nc2ncccc12. The number of nitrogens with zero attached hydrogens (tertiary/aromatic N) is 3. The summed E-state index contributed by atoms with van der Waals surface area (Å²) in [4.78, 5) is 30.5. The fourth-order valence-electron chi connectivity index (χ4n) is 3.26. The molecule has 0 saturated heterocycles. The van der Waals surface area contributed by atoms with Gasteiger partial charge in [-0.3, -0.25) is 9.89 Å². The maximum Gasteiger partial charge on any atom is 0.406 e. The zero-order chi connectivity index (χ0) is 22.2. The second-order valence-electron chi connectivity index (χ2n) is 7.09. The monoisotopic (exact) mass is 421 g/mol. The van der Waals surface area contributed by atoms with Crippen LogP contribution in [0.1, 0.15) is 31.0 Å². The number of allylic oxidation sites excluding steroid dienone is 1. The number of hydrogen-bond donors (Lipinski definition) is 2. The highest BCUT2D eigenvalue weighted by atomic mass is 16.5. The summed E-state index contributed by atoms with van der Waals surface area (Å²) in [5.74, 6) is -0.134. The average Bonchev–Trinajstić information content (AvgIpc) is 3.22. The van der Waals surface area contributed by atoms with Gasteiger partial charge in [-0.05, 0) is 49.6 Å². The fraction of sp³-hybridized carbons (Fsp3) is 0.304. The number of pyridine rings is 1. The van der Waals surface area contributed by atoms with E-state index in [9.17, 15) is 9.59 Å². The van der Waals surface area contributed by atoms with E-state index in [2.05, 4.69) is 25.2 Å². The van der Waals surface area contributed by atoms with Crippen LogP contribution in [0.25, 0.3) is 16.6 Å². The van der Waals surface area contributed by atoms with Crippen molar-refractivity contribution >= 4 is 34.3 Å². The molecule has 0 unspecified atom stereocenters. The van der Waals surface area contributed by atoms with Crippen molar-refractivity contribution in [2.45, 2.75) is 26.7 Å². The molecule has 2 aromatic heterocycles. The van der Waals surface area contributed by atoms with Crippen LogP contribution in [0.3, 0.4) is 0 Å². The van der Waals surface area contributed by atoms with Gasteiger partial charge in [0, 0.05) is 36.4 Å². The van der Waals surface area contributed by atoms with Crippen LogP contribution in [0.4, 0.5) is 10.5 Å². The van der Waals surface area contributed by atoms with Gasteiger partial charge in [0.15, 0.2) is 5.65 Å². The quantitative estimate of drug-likeness (QED) is 0.425. The smallest absolute Gasteiger partial charge is 0.406 e. The van der Waals surface area contributed by atoms with E-state index in [1.165, 1.54) is 7.11 Å². The number of aromatic nitrogens is 3. The molecule has 8 heteroatoms. The summed E-state index contributed by atoms with van der Waals surface area (Å²) in [6, 6.07) is 11.6. The van der Waals surface area contributed by atoms with Gasteiger partial charge in [-0.15, -0.1) is 0 Å². The maximum atomic E-state index is 13.3. The molecule has 0 radical (unpaired) electrons. The number of methoxy groups -OCH3 is 1. The van der Waals surface area contributed by atoms with Crippen molar-refractivity contribution in [3.63, 3.8) is 0 Å². The summed E-state index contributed by atoms with van der Waals surface area (Å²) in [5.41, 5.74) is 4.19. The highest BCUT2D eigenvalue weighted by Gasteiger charge is 2.17. The molecule has 162 valence electrons. The summed E-state index contributed by atoms with van der Waals surface area (Å²) in [5, 5.41) is 10.8. The van der Waals surface area contributed by atoms with E-state index in [4.69, 9.17) is 0 Å². The Labute approximate surface area is 181 Å². The minimum absolute atomic E-state index is 0.134. The first kappa shape index (κ1) is 22.0. The van der Waals surface area contributed by atoms with Crippen molar-refractivity contribution in [3.05, 3.63) is 59.9 Å². The van der Waals surface area contributed by atoms with E-state index in [0.717, 1.165) is 27.9 Å². The zero-order valence-corrected chi connectivity index (χ0v) is 18.0. The number of alkyl carbamates (subject to hydrolysis) is 1. The topological polar surface area (TPSA) is 100 Å². The van der Waals surface area contributed by atoms with Crippen molar-refractivity contribution in [1.29, 1.82) is 0 Å². The summed E-state index contributed by atoms with van der Waals surface area (Å²) >= 11 is 0. The second-order valence-corrected chi connectivity index (χ2v) is 7.09. The number of aromatic amines is 1. The zero-order valence-electron chi connectivity index (χ0n) is 18.0. The Kier molecular flexibility index (Phi) is 7.37. The Morgan fingerprint density at radius 1 is 1.23 bits per heavy atom. The molecule has 0 fully saturated rings. The Bertz CT molecular complexity index is 1070. The molecular formula is C23H27N5O3. The summed E-state index contributed by atoms with van der Waals surface area (Å²) in [7, 11) is 1.32. The van der Waals surface area contributed by atoms with Gasteiger partial charge in [0.1, 0.15) is 0 Å². The lowest BCUT2D eigenvalue weighted by molar-refractivity contribution is -0.114. The predicted octanol–water partition coefficient (Wildman–Crippen LogP) is 3.84. The lowest BCUT2D eigenvalue weighted by Crippen LogP contribution is -2.33. The van der Waals surface area contributed by atoms with Crippen molar-refractivity contribution in [1.82, 2.24) is 20.5 Å². The highest BCUT2D eigenvalue weighted by molar-refractivity contribution is 6.07. The Balaban J connectivity index is 1.85. The first-order valence-electron chi connectivity index (χ1n) is 10.2. The highest BCUT2D eigenvalue weighted by Crippen LogP contribution is 2.25. The van der Waals surface area contributed by atoms with Crippen LogP contribution in [0, 0.1) is 6.92 Å². The molecule has 8 nitrogen and oxygen atoms in total. The number of rotatable bonds is 8. The first-order chi connectivity index (χ1) is 15.0. The van der Waals surface area contributed by atoms with Gasteiger partial charge in [0.2, 0.25) is 0 Å². The van der Waals surface area contributed by atoms with Crippen molar-refractivity contribution in [2.24, 2.45) is 0 Å². The number of nitrogens with one attached hydrogen (secondary N) is 2. The number of carbonyl (C=O) groups is 2. The average molecular weight is 422 g/mol. The number of anilines is 1. The number of benzene rings is 1. The van der Waals surface area contributed by atoms with Gasteiger partial charge in [-0.25, -0.2) is 9.78 Å². The number of amides is 2. The second kappa shape index (κ2) is 10.4. The molecule has 3 aromatic rings. The van der Waals surface area contributed by atoms with E-state index in [1.54, 1.807) is 17.2 Å². The summed E-state index contributed by atoms with van der Waals surface area (Å²) in [6.45, 7) is 4.86. The number of fused-ring (bicyclic) bond motifs is 1. The minimum atomic E-state index is -0.485. The molecule has 0 aliphatic rings. The summed E-state index contributed by atoms with van der Waals surface area (Å²) in [6.07, 6.45) is 4.09. The normalized spacial score (nSPS) is 11.4. The molecule has 0 saturated carbocycles. The Hall–Kier alpha value is -3.68. The van der Waals surface area contributed by atoms with Crippen LogP contribution in [0.2, 0.25) is 0 Å². The fourth-order valence-corrected chi connectivity index (χ4v) is 3.26. The molecule has 0 bridgehead atoms. The molecule has 2 N–H and O–H groups in total. The van der Waals surface area contributed by atoms with Crippen molar-refractivity contribution < 1.29 is 14.3 Å². The van der Waals surface area contributed by atoms with Crippen LogP contribution in [-0.2, 0) is 9.53 Å². The molecule has 3 rings (SSSR count). The molecule has 2 heterocycles. The van der Waals surface area contributed by atoms with E-state index >= 15 is 0 Å². The van der Waals surface area contributed by atoms with E-state index in [0.29, 0.717) is 31.6 Å². The largest absolute Gasteiger partial charge is 0.453 e. The predicted molar refractivity (Wildman–Crippen MR) is 121 cm³/mol. The van der Waals surface area contributed by atoms with E-state index < -0.39 is 6.09 Å². The molecule has 0 spiro atoms. The van der Waals surface area contributed by atoms with Gasteiger partial charge in [-0.2, -0.15) is 5.10 Å². The number of aryl methyl sites for hydroxylation is 1. The number of ether oxygens (including phenoxy) is 1. The Morgan fingerprint density at radius 3 is 2.71 bits per heavy atom. The number of carbonyl (C=O) groups excluding carboxylic acids is 2. The standard InChI is InChI=1S/C23H27N5O3/c1-4-17(21-19-7-5-12-24-22(19)27-26-21)15-20(29)28(14-6-13-25-23(30)31-3)18-10-8-16(2)9-11-18/h5,7-12,15H,4,6,13-14H2,1-3H3,(H,25,30)(H,24,26,27)/b17-15+. The molecule has 0 aliphatic carbocycles. The molecule has 0 atom stereocenters. The van der Waals surface area contributed by atoms with Crippen molar-refractivity contribution in [2.75, 3.05) is 25.1 Å². The first-order valence-corrected chi connectivity index (χ1v) is 10.2. The molecule has 2 amide bonds. The summed E-state index contributed by atoms with van der Waals surface area (Å²) < 4.78 is 4.59. The molecular weight excluding hydrogens is 394 g/mol. The molecule has 0 aliphatic heterocycles. The van der Waals surface area contributed by atoms with E-state index in [-0.39, 0.29) is 5.91 Å². The van der Waals surface area contributed by atoms with Crippen LogP contribution >= 0.6 is 0 Å². The van der Waals surface area contributed by atoms with Crippen LogP contribution in [0.5, 0.6) is 0 Å². The van der Waals surface area contributed by atoms with Gasteiger partial charge in [0.25, 0.3) is 5.91 Å². The van der Waals surface area contributed by atoms with Crippen LogP contribution in [-0.4, -0.2) is 47.4 Å². The third-order valence-electron chi connectivity index (χ3n) is 4.95. The molecule has 31 heavy (non-hydrogen) atoms. The van der Waals surface area contributed by atoms with Gasteiger partial charge in [-0.1, -0.05) is 24.6 Å². The lowest BCUT2D eigenvalue weighted by Gasteiger charge is -2.22. The van der Waals surface area contributed by atoms with Crippen molar-refractivity contribution in [3.8, 4) is 0 Å². The maximum absolute atomic E-state index is 13.3. The van der Waals surface area contributed by atoms with E-state index in [1.807, 2.05) is 50.2 Å².